The highest BCUT2D eigenvalue weighted by atomic mass is 16.5. The monoisotopic (exact) mass is 426 g/mol. The summed E-state index contributed by atoms with van der Waals surface area (Å²) in [7, 11) is 0. The summed E-state index contributed by atoms with van der Waals surface area (Å²) in [6, 6.07) is 11.4. The van der Waals surface area contributed by atoms with E-state index in [0.717, 1.165) is 23.3 Å². The number of carbonyl (C=O) groups excluding carboxylic acids is 2. The molecular formula is C22H18O9. The molecule has 0 amide bonds. The Hall–Kier alpha value is -4.24. The Kier molecular flexibility index (Phi) is 8.23. The molecule has 0 unspecified atom stereocenters. The minimum absolute atomic E-state index is 0.114. The molecule has 0 spiro atoms. The van der Waals surface area contributed by atoms with E-state index in [4.69, 9.17) is 19.7 Å². The van der Waals surface area contributed by atoms with Crippen molar-refractivity contribution < 1.29 is 44.0 Å². The number of benzene rings is 2. The quantitative estimate of drug-likeness (QED) is 0.310. The minimum Gasteiger partial charge on any atom is -0.478 e. The number of hydrogen-bond acceptors (Lipinski definition) is 7. The van der Waals surface area contributed by atoms with Crippen LogP contribution in [0.25, 0.3) is 0 Å². The Balaban J connectivity index is 2.04. The largest absolute Gasteiger partial charge is 0.478 e. The third-order valence-corrected chi connectivity index (χ3v) is 3.78. The Morgan fingerprint density at radius 2 is 1.29 bits per heavy atom. The number of rotatable bonds is 9. The lowest BCUT2D eigenvalue weighted by molar-refractivity contribution is -0.133. The maximum Gasteiger partial charge on any atom is 0.336 e. The van der Waals surface area contributed by atoms with Gasteiger partial charge >= 0.3 is 23.9 Å². The number of carboxylic acid groups (broad SMARTS) is 2. The summed E-state index contributed by atoms with van der Waals surface area (Å²) in [6.45, 7) is -0.391. The lowest BCUT2D eigenvalue weighted by Gasteiger charge is -2.10. The molecule has 0 aliphatic heterocycles. The van der Waals surface area contributed by atoms with Gasteiger partial charge in [-0.2, -0.15) is 0 Å². The number of aliphatic carboxylic acids is 2. The zero-order valence-corrected chi connectivity index (χ0v) is 16.1. The smallest absolute Gasteiger partial charge is 0.336 e. The molecule has 31 heavy (non-hydrogen) atoms. The highest BCUT2D eigenvalue weighted by Crippen LogP contribution is 2.23. The summed E-state index contributed by atoms with van der Waals surface area (Å²) >= 11 is 0. The van der Waals surface area contributed by atoms with Crippen molar-refractivity contribution in [3.63, 3.8) is 0 Å². The second-order valence-corrected chi connectivity index (χ2v) is 6.11. The van der Waals surface area contributed by atoms with Gasteiger partial charge in [-0.3, -0.25) is 0 Å². The maximum atomic E-state index is 11.6. The average molecular weight is 426 g/mol. The van der Waals surface area contributed by atoms with Crippen molar-refractivity contribution >= 4 is 23.9 Å². The highest BCUT2D eigenvalue weighted by molar-refractivity contribution is 5.92. The van der Waals surface area contributed by atoms with E-state index in [2.05, 4.69) is 0 Å². The lowest BCUT2D eigenvalue weighted by atomic mass is 10.0. The van der Waals surface area contributed by atoms with Crippen LogP contribution in [0.3, 0.4) is 0 Å². The van der Waals surface area contributed by atoms with Crippen molar-refractivity contribution in [3.8, 4) is 11.5 Å². The van der Waals surface area contributed by atoms with Gasteiger partial charge < -0.3 is 24.8 Å². The van der Waals surface area contributed by atoms with E-state index < -0.39 is 30.5 Å². The van der Waals surface area contributed by atoms with Crippen LogP contribution in [-0.2, 0) is 32.2 Å². The summed E-state index contributed by atoms with van der Waals surface area (Å²) < 4.78 is 10.0. The molecular weight excluding hydrogens is 408 g/mol. The first kappa shape index (κ1) is 23.0. The molecule has 160 valence electrons. The maximum absolute atomic E-state index is 11.6. The third kappa shape index (κ3) is 7.95. The first-order valence-corrected chi connectivity index (χ1v) is 8.84. The number of esters is 2. The molecule has 3 N–H and O–H groups in total. The van der Waals surface area contributed by atoms with Crippen LogP contribution in [0.4, 0.5) is 0 Å². The Labute approximate surface area is 176 Å². The topological polar surface area (TPSA) is 147 Å². The van der Waals surface area contributed by atoms with Gasteiger partial charge in [-0.25, -0.2) is 19.2 Å². The molecule has 9 nitrogen and oxygen atoms in total. The van der Waals surface area contributed by atoms with E-state index in [1.807, 2.05) is 0 Å². The van der Waals surface area contributed by atoms with Gasteiger partial charge in [0, 0.05) is 29.9 Å². The lowest BCUT2D eigenvalue weighted by Crippen LogP contribution is -2.07. The minimum atomic E-state index is -1.29. The molecule has 0 saturated carbocycles. The first-order chi connectivity index (χ1) is 14.8. The van der Waals surface area contributed by atoms with E-state index >= 15 is 0 Å². The number of ether oxygens (including phenoxy) is 2. The van der Waals surface area contributed by atoms with Gasteiger partial charge in [0.15, 0.2) is 0 Å². The standard InChI is InChI=1S/C22H18O9/c23-13-16-12-15(3-6-18(16)31-22(29)10-8-20(26)27)11-14-1-4-17(5-2-14)30-21(28)9-7-19(24)25/h1-10,12,23H,11,13H2,(H,24,25)(H,26,27)/b9-7-,10-8-. The molecule has 0 atom stereocenters. The van der Waals surface area contributed by atoms with Crippen LogP contribution in [0.5, 0.6) is 11.5 Å². The molecule has 0 bridgehead atoms. The van der Waals surface area contributed by atoms with Crippen LogP contribution in [0, 0.1) is 0 Å². The van der Waals surface area contributed by atoms with E-state index in [-0.39, 0.29) is 11.5 Å². The van der Waals surface area contributed by atoms with E-state index in [1.54, 1.807) is 36.4 Å². The molecule has 0 heterocycles. The van der Waals surface area contributed by atoms with Crippen molar-refractivity contribution in [3.05, 3.63) is 83.5 Å². The molecule has 0 aromatic heterocycles. The van der Waals surface area contributed by atoms with Crippen LogP contribution in [-0.4, -0.2) is 39.2 Å². The highest BCUT2D eigenvalue weighted by Gasteiger charge is 2.09. The fraction of sp³-hybridized carbons (Fsp3) is 0.0909. The van der Waals surface area contributed by atoms with Gasteiger partial charge in [0.1, 0.15) is 11.5 Å². The fourth-order valence-corrected chi connectivity index (χ4v) is 2.45. The van der Waals surface area contributed by atoms with Crippen molar-refractivity contribution in [1.29, 1.82) is 0 Å². The number of carbonyl (C=O) groups is 4. The number of aliphatic hydroxyl groups is 1. The number of aliphatic hydroxyl groups excluding tert-OH is 1. The summed E-state index contributed by atoms with van der Waals surface area (Å²) in [5.41, 5.74) is 2.02. The Bertz CT molecular complexity index is 1030. The van der Waals surface area contributed by atoms with Gasteiger partial charge in [0.05, 0.1) is 6.61 Å². The predicted molar refractivity (Wildman–Crippen MR) is 106 cm³/mol. The predicted octanol–water partition coefficient (Wildman–Crippen LogP) is 1.86. The average Bonchev–Trinajstić information content (AvgIpc) is 2.73. The van der Waals surface area contributed by atoms with Crippen LogP contribution in [0.1, 0.15) is 16.7 Å². The molecule has 0 aliphatic rings. The summed E-state index contributed by atoms with van der Waals surface area (Å²) in [4.78, 5) is 43.9. The second kappa shape index (κ2) is 11.1. The summed E-state index contributed by atoms with van der Waals surface area (Å²) in [5.74, 6) is -3.88. The van der Waals surface area contributed by atoms with Gasteiger partial charge in [0.25, 0.3) is 0 Å². The summed E-state index contributed by atoms with van der Waals surface area (Å²) in [6.07, 6.45) is 3.37. The molecule has 2 aromatic rings. The zero-order chi connectivity index (χ0) is 22.8. The van der Waals surface area contributed by atoms with Gasteiger partial charge in [-0.1, -0.05) is 18.2 Å². The first-order valence-electron chi connectivity index (χ1n) is 8.84. The molecule has 0 fully saturated rings. The van der Waals surface area contributed by atoms with Crippen molar-refractivity contribution in [1.82, 2.24) is 0 Å². The van der Waals surface area contributed by atoms with Crippen molar-refractivity contribution in [2.75, 3.05) is 0 Å². The van der Waals surface area contributed by atoms with Crippen LogP contribution >= 0.6 is 0 Å². The number of carboxylic acids is 2. The van der Waals surface area contributed by atoms with Gasteiger partial charge in [-0.15, -0.1) is 0 Å². The van der Waals surface area contributed by atoms with Gasteiger partial charge in [-0.05, 0) is 41.8 Å². The Morgan fingerprint density at radius 3 is 1.84 bits per heavy atom. The van der Waals surface area contributed by atoms with Crippen molar-refractivity contribution in [2.24, 2.45) is 0 Å². The zero-order valence-electron chi connectivity index (χ0n) is 16.1. The summed E-state index contributed by atoms with van der Waals surface area (Å²) in [5, 5.41) is 26.6. The van der Waals surface area contributed by atoms with Crippen LogP contribution in [0.15, 0.2) is 66.8 Å². The van der Waals surface area contributed by atoms with E-state index in [0.29, 0.717) is 24.1 Å². The van der Waals surface area contributed by atoms with Gasteiger partial charge in [0.2, 0.25) is 0 Å². The van der Waals surface area contributed by atoms with E-state index in [9.17, 15) is 24.3 Å². The molecule has 9 heteroatoms. The van der Waals surface area contributed by atoms with Crippen LogP contribution < -0.4 is 9.47 Å². The van der Waals surface area contributed by atoms with Crippen molar-refractivity contribution in [2.45, 2.75) is 13.0 Å². The third-order valence-electron chi connectivity index (χ3n) is 3.78. The fourth-order valence-electron chi connectivity index (χ4n) is 2.45. The normalized spacial score (nSPS) is 10.9. The molecule has 0 aliphatic carbocycles. The molecule has 0 saturated heterocycles. The SMILES string of the molecule is O=C(O)/C=C\C(=O)Oc1ccc(Cc2ccc(OC(=O)/C=C\C(=O)O)c(CO)c2)cc1. The second-order valence-electron chi connectivity index (χ2n) is 6.11. The molecule has 2 rings (SSSR count). The molecule has 2 aromatic carbocycles. The van der Waals surface area contributed by atoms with Crippen LogP contribution in [0.2, 0.25) is 0 Å². The molecule has 0 radical (unpaired) electrons. The van der Waals surface area contributed by atoms with E-state index in [1.165, 1.54) is 6.07 Å². The Morgan fingerprint density at radius 1 is 0.742 bits per heavy atom. The number of hydrogen-bond donors (Lipinski definition) is 3.